The molecule has 6 nitrogen and oxygen atoms in total. The number of nitrogen functional groups attached to an aromatic ring is 1. The Labute approximate surface area is 132 Å². The largest absolute Gasteiger partial charge is 0.353 e. The van der Waals surface area contributed by atoms with E-state index in [0.717, 1.165) is 5.56 Å². The van der Waals surface area contributed by atoms with Crippen LogP contribution in [0.15, 0.2) is 29.4 Å². The number of carbonyl (C=O) groups excluding carboxylic acids is 1. The number of hydrogen-bond donors (Lipinski definition) is 2. The monoisotopic (exact) mass is 325 g/mol. The smallest absolute Gasteiger partial charge is 0.230 e. The second-order valence-corrected chi connectivity index (χ2v) is 6.07. The average Bonchev–Trinajstić information content (AvgIpc) is 2.78. The molecule has 1 aromatic heterocycles. The molecule has 0 fully saturated rings. The molecule has 8 heteroatoms. The average molecular weight is 326 g/mol. The molecular formula is C13H16ClN5OS. The molecule has 0 saturated heterocycles. The maximum atomic E-state index is 11.6. The van der Waals surface area contributed by atoms with E-state index in [0.29, 0.717) is 16.0 Å². The molecular weight excluding hydrogens is 310 g/mol. The Morgan fingerprint density at radius 3 is 2.67 bits per heavy atom. The van der Waals surface area contributed by atoms with Crippen LogP contribution in [0, 0.1) is 0 Å². The van der Waals surface area contributed by atoms with Gasteiger partial charge in [0.15, 0.2) is 5.82 Å². The molecule has 112 valence electrons. The highest BCUT2D eigenvalue weighted by Crippen LogP contribution is 2.22. The fraction of sp³-hybridized carbons (Fsp3) is 0.308. The molecule has 0 unspecified atom stereocenters. The van der Waals surface area contributed by atoms with Crippen molar-refractivity contribution < 1.29 is 4.79 Å². The first-order valence-electron chi connectivity index (χ1n) is 6.36. The number of halogens is 1. The molecule has 0 radical (unpaired) electrons. The van der Waals surface area contributed by atoms with E-state index in [1.807, 2.05) is 26.0 Å². The first kappa shape index (κ1) is 15.7. The predicted molar refractivity (Wildman–Crippen MR) is 84.6 cm³/mol. The minimum absolute atomic E-state index is 0.0638. The van der Waals surface area contributed by atoms with Gasteiger partial charge in [0.1, 0.15) is 0 Å². The van der Waals surface area contributed by atoms with Gasteiger partial charge in [0.05, 0.1) is 5.75 Å². The van der Waals surface area contributed by atoms with E-state index >= 15 is 0 Å². The summed E-state index contributed by atoms with van der Waals surface area (Å²) in [7, 11) is 0. The Hall–Kier alpha value is -1.73. The fourth-order valence-corrected chi connectivity index (χ4v) is 2.46. The van der Waals surface area contributed by atoms with Crippen molar-refractivity contribution in [2.75, 3.05) is 11.6 Å². The molecule has 0 aliphatic rings. The number of nitrogens with zero attached hydrogens (tertiary/aromatic N) is 3. The second kappa shape index (κ2) is 6.82. The Bertz CT molecular complexity index is 626. The Morgan fingerprint density at radius 2 is 2.05 bits per heavy atom. The third kappa shape index (κ3) is 4.12. The summed E-state index contributed by atoms with van der Waals surface area (Å²) < 4.78 is 1.37. The van der Waals surface area contributed by atoms with Crippen LogP contribution in [0.1, 0.15) is 13.8 Å². The Kier molecular flexibility index (Phi) is 5.08. The van der Waals surface area contributed by atoms with Gasteiger partial charge in [-0.3, -0.25) is 4.79 Å². The molecule has 1 amide bonds. The van der Waals surface area contributed by atoms with Gasteiger partial charge < -0.3 is 11.2 Å². The van der Waals surface area contributed by atoms with Crippen molar-refractivity contribution in [3.8, 4) is 11.4 Å². The van der Waals surface area contributed by atoms with Gasteiger partial charge in [0.2, 0.25) is 11.1 Å². The van der Waals surface area contributed by atoms with Crippen LogP contribution >= 0.6 is 23.4 Å². The SMILES string of the molecule is CC(C)NC(=O)CSc1nnc(-c2ccc(Cl)cc2)n1N. The van der Waals surface area contributed by atoms with Crippen LogP contribution in [0.25, 0.3) is 11.4 Å². The normalized spacial score (nSPS) is 10.9. The maximum Gasteiger partial charge on any atom is 0.230 e. The Balaban J connectivity index is 2.07. The third-order valence-electron chi connectivity index (χ3n) is 2.55. The molecule has 0 bridgehead atoms. The highest BCUT2D eigenvalue weighted by Gasteiger charge is 2.13. The van der Waals surface area contributed by atoms with Crippen molar-refractivity contribution in [3.05, 3.63) is 29.3 Å². The van der Waals surface area contributed by atoms with Crippen LogP contribution in [-0.2, 0) is 4.79 Å². The standard InChI is InChI=1S/C13H16ClN5OS/c1-8(2)16-11(20)7-21-13-18-17-12(19(13)15)9-3-5-10(14)6-4-9/h3-6,8H,7,15H2,1-2H3,(H,16,20). The molecule has 1 heterocycles. The zero-order valence-corrected chi connectivity index (χ0v) is 13.3. The molecule has 0 saturated carbocycles. The van der Waals surface area contributed by atoms with Gasteiger partial charge >= 0.3 is 0 Å². The van der Waals surface area contributed by atoms with Gasteiger partial charge in [-0.1, -0.05) is 23.4 Å². The zero-order valence-electron chi connectivity index (χ0n) is 11.7. The minimum Gasteiger partial charge on any atom is -0.353 e. The second-order valence-electron chi connectivity index (χ2n) is 4.69. The molecule has 1 aromatic carbocycles. The number of amides is 1. The molecule has 2 rings (SSSR count). The highest BCUT2D eigenvalue weighted by atomic mass is 35.5. The summed E-state index contributed by atoms with van der Waals surface area (Å²) >= 11 is 7.09. The number of carbonyl (C=O) groups is 1. The summed E-state index contributed by atoms with van der Waals surface area (Å²) in [5.41, 5.74) is 0.813. The molecule has 21 heavy (non-hydrogen) atoms. The van der Waals surface area contributed by atoms with Crippen molar-refractivity contribution >= 4 is 29.3 Å². The third-order valence-corrected chi connectivity index (χ3v) is 3.74. The number of thioether (sulfide) groups is 1. The van der Waals surface area contributed by atoms with Crippen LogP contribution in [-0.4, -0.2) is 32.6 Å². The first-order chi connectivity index (χ1) is 9.97. The van der Waals surface area contributed by atoms with E-state index in [2.05, 4.69) is 15.5 Å². The summed E-state index contributed by atoms with van der Waals surface area (Å²) in [6, 6.07) is 7.26. The lowest BCUT2D eigenvalue weighted by Gasteiger charge is -2.07. The predicted octanol–water partition coefficient (Wildman–Crippen LogP) is 1.93. The summed E-state index contributed by atoms with van der Waals surface area (Å²) in [5, 5.41) is 12.0. The topological polar surface area (TPSA) is 85.8 Å². The van der Waals surface area contributed by atoms with Gasteiger partial charge in [-0.15, -0.1) is 10.2 Å². The van der Waals surface area contributed by atoms with Crippen molar-refractivity contribution in [3.63, 3.8) is 0 Å². The first-order valence-corrected chi connectivity index (χ1v) is 7.72. The lowest BCUT2D eigenvalue weighted by molar-refractivity contribution is -0.119. The van der Waals surface area contributed by atoms with Crippen molar-refractivity contribution in [1.29, 1.82) is 0 Å². The molecule has 0 spiro atoms. The summed E-state index contributed by atoms with van der Waals surface area (Å²) in [6.07, 6.45) is 0. The van der Waals surface area contributed by atoms with Gasteiger partial charge in [-0.2, -0.15) is 0 Å². The summed E-state index contributed by atoms with van der Waals surface area (Å²) in [5.74, 6) is 6.67. The van der Waals surface area contributed by atoms with Crippen LogP contribution in [0.5, 0.6) is 0 Å². The van der Waals surface area contributed by atoms with Gasteiger partial charge in [-0.25, -0.2) is 4.68 Å². The zero-order chi connectivity index (χ0) is 15.4. The number of nitrogens with one attached hydrogen (secondary N) is 1. The van der Waals surface area contributed by atoms with Crippen molar-refractivity contribution in [1.82, 2.24) is 20.2 Å². The van der Waals surface area contributed by atoms with E-state index in [-0.39, 0.29) is 17.7 Å². The molecule has 2 aromatic rings. The quantitative estimate of drug-likeness (QED) is 0.648. The van der Waals surface area contributed by atoms with E-state index < -0.39 is 0 Å². The highest BCUT2D eigenvalue weighted by molar-refractivity contribution is 7.99. The van der Waals surface area contributed by atoms with E-state index in [1.54, 1.807) is 12.1 Å². The van der Waals surface area contributed by atoms with Gasteiger partial charge in [0.25, 0.3) is 0 Å². The number of benzene rings is 1. The van der Waals surface area contributed by atoms with E-state index in [1.165, 1.54) is 16.4 Å². The molecule has 0 atom stereocenters. The number of hydrogen-bond acceptors (Lipinski definition) is 5. The van der Waals surface area contributed by atoms with E-state index in [4.69, 9.17) is 17.4 Å². The molecule has 0 aliphatic heterocycles. The summed E-state index contributed by atoms with van der Waals surface area (Å²) in [4.78, 5) is 11.6. The Morgan fingerprint density at radius 1 is 1.38 bits per heavy atom. The van der Waals surface area contributed by atoms with Crippen LogP contribution < -0.4 is 11.2 Å². The lowest BCUT2D eigenvalue weighted by Crippen LogP contribution is -2.31. The van der Waals surface area contributed by atoms with Crippen molar-refractivity contribution in [2.45, 2.75) is 25.0 Å². The van der Waals surface area contributed by atoms with Crippen LogP contribution in [0.2, 0.25) is 5.02 Å². The van der Waals surface area contributed by atoms with Gasteiger partial charge in [0, 0.05) is 16.6 Å². The van der Waals surface area contributed by atoms with Gasteiger partial charge in [-0.05, 0) is 38.1 Å². The molecule has 0 aliphatic carbocycles. The minimum atomic E-state index is -0.0638. The fourth-order valence-electron chi connectivity index (χ4n) is 1.67. The molecule has 3 N–H and O–H groups in total. The van der Waals surface area contributed by atoms with Crippen LogP contribution in [0.3, 0.4) is 0 Å². The van der Waals surface area contributed by atoms with E-state index in [9.17, 15) is 4.79 Å². The number of nitrogens with two attached hydrogens (primary N) is 1. The number of aromatic nitrogens is 3. The van der Waals surface area contributed by atoms with Crippen LogP contribution in [0.4, 0.5) is 0 Å². The summed E-state index contributed by atoms with van der Waals surface area (Å²) in [6.45, 7) is 3.82. The van der Waals surface area contributed by atoms with Crippen molar-refractivity contribution in [2.24, 2.45) is 0 Å². The number of rotatable bonds is 5. The maximum absolute atomic E-state index is 11.6. The lowest BCUT2D eigenvalue weighted by atomic mass is 10.2.